The van der Waals surface area contributed by atoms with E-state index < -0.39 is 23.8 Å². The highest BCUT2D eigenvalue weighted by atomic mass is 16.4. The molecule has 4 rings (SSSR count). The van der Waals surface area contributed by atoms with Gasteiger partial charge in [-0.1, -0.05) is 36.4 Å². The molecule has 7 heteroatoms. The number of carboxylic acid groups (broad SMARTS) is 1. The van der Waals surface area contributed by atoms with Crippen LogP contribution in [0.15, 0.2) is 54.7 Å². The average molecular weight is 377 g/mol. The van der Waals surface area contributed by atoms with E-state index in [-0.39, 0.29) is 18.7 Å². The zero-order valence-corrected chi connectivity index (χ0v) is 14.9. The molecule has 2 atom stereocenters. The van der Waals surface area contributed by atoms with Gasteiger partial charge >= 0.3 is 5.97 Å². The molecule has 0 saturated carbocycles. The third-order valence-corrected chi connectivity index (χ3v) is 5.03. The normalized spacial score (nSPS) is 16.9. The lowest BCUT2D eigenvalue weighted by molar-refractivity contribution is -0.142. The molecule has 7 nitrogen and oxygen atoms in total. The van der Waals surface area contributed by atoms with E-state index in [2.05, 4.69) is 15.6 Å². The van der Waals surface area contributed by atoms with Crippen LogP contribution in [0.25, 0.3) is 10.9 Å². The first-order chi connectivity index (χ1) is 13.5. The largest absolute Gasteiger partial charge is 0.480 e. The molecule has 0 aliphatic carbocycles. The Labute approximate surface area is 160 Å². The maximum Gasteiger partial charge on any atom is 0.326 e. The fourth-order valence-electron chi connectivity index (χ4n) is 3.64. The van der Waals surface area contributed by atoms with Crippen molar-refractivity contribution in [2.24, 2.45) is 0 Å². The summed E-state index contributed by atoms with van der Waals surface area (Å²) in [6.45, 7) is 0. The Morgan fingerprint density at radius 1 is 1.14 bits per heavy atom. The summed E-state index contributed by atoms with van der Waals surface area (Å²) >= 11 is 0. The van der Waals surface area contributed by atoms with Crippen LogP contribution in [0.4, 0.5) is 5.69 Å². The summed E-state index contributed by atoms with van der Waals surface area (Å²) in [4.78, 5) is 39.7. The van der Waals surface area contributed by atoms with Gasteiger partial charge in [0.1, 0.15) is 6.04 Å². The monoisotopic (exact) mass is 377 g/mol. The summed E-state index contributed by atoms with van der Waals surface area (Å²) in [6, 6.07) is 13.6. The van der Waals surface area contributed by atoms with E-state index in [9.17, 15) is 19.5 Å². The fourth-order valence-corrected chi connectivity index (χ4v) is 3.64. The van der Waals surface area contributed by atoms with Crippen molar-refractivity contribution in [3.8, 4) is 0 Å². The third-order valence-electron chi connectivity index (χ3n) is 5.03. The number of anilines is 1. The molecule has 28 heavy (non-hydrogen) atoms. The smallest absolute Gasteiger partial charge is 0.326 e. The maximum atomic E-state index is 12.9. The minimum Gasteiger partial charge on any atom is -0.480 e. The second kappa shape index (κ2) is 7.19. The van der Waals surface area contributed by atoms with Crippen molar-refractivity contribution in [2.75, 3.05) is 5.32 Å². The number of aromatic amines is 1. The molecule has 2 amide bonds. The lowest BCUT2D eigenvalue weighted by Crippen LogP contribution is -2.45. The Morgan fingerprint density at radius 2 is 1.89 bits per heavy atom. The number of aromatic nitrogens is 1. The van der Waals surface area contributed by atoms with Gasteiger partial charge in [-0.25, -0.2) is 4.79 Å². The number of carbonyl (C=O) groups is 3. The Morgan fingerprint density at radius 3 is 2.71 bits per heavy atom. The molecule has 142 valence electrons. The van der Waals surface area contributed by atoms with Crippen LogP contribution >= 0.6 is 0 Å². The summed E-state index contributed by atoms with van der Waals surface area (Å²) in [7, 11) is 0. The number of para-hydroxylation sites is 2. The van der Waals surface area contributed by atoms with Crippen LogP contribution in [0.2, 0.25) is 0 Å². The highest BCUT2D eigenvalue weighted by Gasteiger charge is 2.33. The second-order valence-corrected chi connectivity index (χ2v) is 6.86. The van der Waals surface area contributed by atoms with Crippen molar-refractivity contribution in [3.63, 3.8) is 0 Å². The van der Waals surface area contributed by atoms with Gasteiger partial charge in [-0.05, 0) is 23.3 Å². The molecule has 0 radical (unpaired) electrons. The first-order valence-electron chi connectivity index (χ1n) is 9.00. The van der Waals surface area contributed by atoms with Gasteiger partial charge < -0.3 is 20.7 Å². The molecular weight excluding hydrogens is 358 g/mol. The number of fused-ring (bicyclic) bond motifs is 2. The highest BCUT2D eigenvalue weighted by molar-refractivity contribution is 6.01. The third kappa shape index (κ3) is 3.34. The van der Waals surface area contributed by atoms with Crippen molar-refractivity contribution in [2.45, 2.75) is 24.8 Å². The summed E-state index contributed by atoms with van der Waals surface area (Å²) < 4.78 is 0. The van der Waals surface area contributed by atoms with Crippen LogP contribution in [-0.4, -0.2) is 33.9 Å². The SMILES string of the molecule is O=C1CC(C(=O)NC(Cc2c[nH]c3ccccc23)C(=O)O)c2ccccc2N1. The Kier molecular flexibility index (Phi) is 4.57. The number of hydrogen-bond acceptors (Lipinski definition) is 3. The van der Waals surface area contributed by atoms with Crippen molar-refractivity contribution >= 4 is 34.4 Å². The van der Waals surface area contributed by atoms with Gasteiger partial charge in [0.25, 0.3) is 0 Å². The highest BCUT2D eigenvalue weighted by Crippen LogP contribution is 2.32. The van der Waals surface area contributed by atoms with Gasteiger partial charge in [0, 0.05) is 35.6 Å². The number of benzene rings is 2. The number of nitrogens with one attached hydrogen (secondary N) is 3. The number of hydrogen-bond donors (Lipinski definition) is 4. The number of carboxylic acids is 1. The predicted molar refractivity (Wildman–Crippen MR) is 104 cm³/mol. The number of H-pyrrole nitrogens is 1. The van der Waals surface area contributed by atoms with Crippen molar-refractivity contribution in [1.82, 2.24) is 10.3 Å². The van der Waals surface area contributed by atoms with E-state index in [0.29, 0.717) is 11.3 Å². The van der Waals surface area contributed by atoms with Crippen LogP contribution in [0, 0.1) is 0 Å². The summed E-state index contributed by atoms with van der Waals surface area (Å²) in [5.41, 5.74) is 2.99. The molecule has 0 saturated heterocycles. The lowest BCUT2D eigenvalue weighted by Gasteiger charge is -2.26. The molecule has 1 aromatic heterocycles. The number of aliphatic carboxylic acids is 1. The van der Waals surface area contributed by atoms with E-state index in [1.807, 2.05) is 24.3 Å². The molecule has 0 bridgehead atoms. The van der Waals surface area contributed by atoms with Crippen molar-refractivity contribution in [3.05, 3.63) is 65.9 Å². The van der Waals surface area contributed by atoms with E-state index in [0.717, 1.165) is 16.5 Å². The number of amides is 2. The fraction of sp³-hybridized carbons (Fsp3) is 0.190. The molecule has 2 aromatic carbocycles. The molecule has 0 fully saturated rings. The van der Waals surface area contributed by atoms with Gasteiger partial charge in [-0.15, -0.1) is 0 Å². The van der Waals surface area contributed by atoms with Crippen LogP contribution in [0.1, 0.15) is 23.5 Å². The minimum absolute atomic E-state index is 0.0116. The first kappa shape index (κ1) is 17.8. The zero-order chi connectivity index (χ0) is 19.7. The molecule has 0 spiro atoms. The standard InChI is InChI=1S/C21H19N3O4/c25-19-10-15(14-6-2-4-8-17(14)23-19)20(26)24-18(21(27)28)9-12-11-22-16-7-3-1-5-13(12)16/h1-8,11,15,18,22H,9-10H2,(H,23,25)(H,24,26)(H,27,28). The average Bonchev–Trinajstić information content (AvgIpc) is 3.09. The molecular formula is C21H19N3O4. The number of rotatable bonds is 5. The first-order valence-corrected chi connectivity index (χ1v) is 9.00. The summed E-state index contributed by atoms with van der Waals surface area (Å²) in [6.07, 6.45) is 1.89. The Hall–Kier alpha value is -3.61. The maximum absolute atomic E-state index is 12.9. The van der Waals surface area contributed by atoms with Gasteiger partial charge in [-0.2, -0.15) is 0 Å². The topological polar surface area (TPSA) is 111 Å². The second-order valence-electron chi connectivity index (χ2n) is 6.86. The van der Waals surface area contributed by atoms with Gasteiger partial charge in [0.05, 0.1) is 5.92 Å². The quantitative estimate of drug-likeness (QED) is 0.547. The van der Waals surface area contributed by atoms with Crippen LogP contribution in [0.3, 0.4) is 0 Å². The van der Waals surface area contributed by atoms with Crippen molar-refractivity contribution in [1.29, 1.82) is 0 Å². The molecule has 4 N–H and O–H groups in total. The molecule has 1 aliphatic heterocycles. The van der Waals surface area contributed by atoms with Crippen LogP contribution in [0.5, 0.6) is 0 Å². The van der Waals surface area contributed by atoms with Crippen molar-refractivity contribution < 1.29 is 19.5 Å². The van der Waals surface area contributed by atoms with Crippen LogP contribution < -0.4 is 10.6 Å². The zero-order valence-electron chi connectivity index (χ0n) is 14.9. The summed E-state index contributed by atoms with van der Waals surface area (Å²) in [5, 5.41) is 15.9. The molecule has 1 aliphatic rings. The van der Waals surface area contributed by atoms with Gasteiger partial charge in [0.15, 0.2) is 0 Å². The molecule has 2 heterocycles. The Bertz CT molecular complexity index is 1070. The van der Waals surface area contributed by atoms with Gasteiger partial charge in [0.2, 0.25) is 11.8 Å². The van der Waals surface area contributed by atoms with E-state index >= 15 is 0 Å². The predicted octanol–water partition coefficient (Wildman–Crippen LogP) is 2.41. The Balaban J connectivity index is 1.56. The minimum atomic E-state index is -1.12. The molecule has 2 unspecified atom stereocenters. The lowest BCUT2D eigenvalue weighted by atomic mass is 9.89. The summed E-state index contributed by atoms with van der Waals surface area (Å²) in [5.74, 6) is -2.56. The van der Waals surface area contributed by atoms with Crippen LogP contribution in [-0.2, 0) is 20.8 Å². The number of carbonyl (C=O) groups excluding carboxylic acids is 2. The van der Waals surface area contributed by atoms with E-state index in [1.54, 1.807) is 30.5 Å². The molecule has 3 aromatic rings. The van der Waals surface area contributed by atoms with E-state index in [1.165, 1.54) is 0 Å². The van der Waals surface area contributed by atoms with E-state index in [4.69, 9.17) is 0 Å². The van der Waals surface area contributed by atoms with Gasteiger partial charge in [-0.3, -0.25) is 9.59 Å².